The van der Waals surface area contributed by atoms with Crippen LogP contribution in [0.25, 0.3) is 10.9 Å². The Morgan fingerprint density at radius 1 is 1.33 bits per heavy atom. The summed E-state index contributed by atoms with van der Waals surface area (Å²) >= 11 is 0. The minimum Gasteiger partial charge on any atom is -0.388 e. The second kappa shape index (κ2) is 5.11. The third kappa shape index (κ3) is 2.51. The van der Waals surface area contributed by atoms with Crippen LogP contribution in [-0.2, 0) is 0 Å². The molecule has 0 bridgehead atoms. The van der Waals surface area contributed by atoms with Gasteiger partial charge in [-0.3, -0.25) is 9.78 Å². The summed E-state index contributed by atoms with van der Waals surface area (Å²) in [5, 5.41) is 11.2. The number of benzene rings is 1. The zero-order chi connectivity index (χ0) is 15.0. The summed E-state index contributed by atoms with van der Waals surface area (Å²) < 4.78 is 0. The summed E-state index contributed by atoms with van der Waals surface area (Å²) in [5.74, 6) is -0.0155. The van der Waals surface area contributed by atoms with Gasteiger partial charge in [-0.05, 0) is 44.9 Å². The predicted molar refractivity (Wildman–Crippen MR) is 82.1 cm³/mol. The molecule has 1 saturated heterocycles. The van der Waals surface area contributed by atoms with E-state index in [4.69, 9.17) is 0 Å². The van der Waals surface area contributed by atoms with Crippen molar-refractivity contribution in [1.29, 1.82) is 0 Å². The fourth-order valence-corrected chi connectivity index (χ4v) is 3.19. The van der Waals surface area contributed by atoms with Gasteiger partial charge in [-0.15, -0.1) is 0 Å². The van der Waals surface area contributed by atoms with Gasteiger partial charge in [-0.25, -0.2) is 0 Å². The number of amides is 1. The first-order valence-electron chi connectivity index (χ1n) is 7.35. The molecule has 1 atom stereocenters. The van der Waals surface area contributed by atoms with Gasteiger partial charge < -0.3 is 10.0 Å². The Labute approximate surface area is 124 Å². The molecule has 1 aromatic carbocycles. The number of hydrogen-bond acceptors (Lipinski definition) is 3. The van der Waals surface area contributed by atoms with E-state index < -0.39 is 5.60 Å². The van der Waals surface area contributed by atoms with Gasteiger partial charge in [0.05, 0.1) is 17.2 Å². The number of aromatic nitrogens is 1. The van der Waals surface area contributed by atoms with Crippen molar-refractivity contribution in [2.24, 2.45) is 0 Å². The molecule has 1 amide bonds. The molecule has 1 fully saturated rings. The Balaban J connectivity index is 2.01. The van der Waals surface area contributed by atoms with Gasteiger partial charge in [0.15, 0.2) is 0 Å². The van der Waals surface area contributed by atoms with Crippen LogP contribution in [0.3, 0.4) is 0 Å². The lowest BCUT2D eigenvalue weighted by atomic mass is 9.96. The maximum absolute atomic E-state index is 12.9. The Morgan fingerprint density at radius 2 is 2.14 bits per heavy atom. The first-order chi connectivity index (χ1) is 9.98. The standard InChI is InChI=1S/C17H20N2O2/c1-17(2,21)15-9-5-11-19(15)16(20)13-6-3-8-14-12(13)7-4-10-18-14/h3-4,6-8,10,15,21H,5,9,11H2,1-2H3. The lowest BCUT2D eigenvalue weighted by Crippen LogP contribution is -2.48. The highest BCUT2D eigenvalue weighted by Crippen LogP contribution is 2.29. The second-order valence-corrected chi connectivity index (χ2v) is 6.19. The number of pyridine rings is 1. The Morgan fingerprint density at radius 3 is 2.90 bits per heavy atom. The predicted octanol–water partition coefficient (Wildman–Crippen LogP) is 2.61. The van der Waals surface area contributed by atoms with E-state index >= 15 is 0 Å². The van der Waals surface area contributed by atoms with Crippen molar-refractivity contribution in [2.75, 3.05) is 6.54 Å². The van der Waals surface area contributed by atoms with Crippen LogP contribution in [0.1, 0.15) is 37.0 Å². The number of aliphatic hydroxyl groups is 1. The van der Waals surface area contributed by atoms with Gasteiger partial charge in [0.25, 0.3) is 5.91 Å². The minimum absolute atomic E-state index is 0.0155. The van der Waals surface area contributed by atoms with Gasteiger partial charge >= 0.3 is 0 Å². The largest absolute Gasteiger partial charge is 0.388 e. The third-order valence-electron chi connectivity index (χ3n) is 4.21. The molecule has 0 saturated carbocycles. The number of hydrogen-bond donors (Lipinski definition) is 1. The first kappa shape index (κ1) is 14.0. The number of carbonyl (C=O) groups excluding carboxylic acids is 1. The molecule has 21 heavy (non-hydrogen) atoms. The molecule has 3 rings (SSSR count). The maximum Gasteiger partial charge on any atom is 0.254 e. The third-order valence-corrected chi connectivity index (χ3v) is 4.21. The Hall–Kier alpha value is -1.94. The molecule has 2 aromatic rings. The Kier molecular flexibility index (Phi) is 3.41. The molecule has 0 aliphatic carbocycles. The highest BCUT2D eigenvalue weighted by atomic mass is 16.3. The van der Waals surface area contributed by atoms with Crippen molar-refractivity contribution in [2.45, 2.75) is 38.3 Å². The molecule has 0 radical (unpaired) electrons. The molecule has 0 spiro atoms. The summed E-state index contributed by atoms with van der Waals surface area (Å²) in [4.78, 5) is 19.0. The Bertz CT molecular complexity index is 671. The topological polar surface area (TPSA) is 53.4 Å². The highest BCUT2D eigenvalue weighted by Gasteiger charge is 2.38. The zero-order valence-corrected chi connectivity index (χ0v) is 12.4. The molecule has 4 heteroatoms. The SMILES string of the molecule is CC(C)(O)C1CCCN1C(=O)c1cccc2ncccc12. The highest BCUT2D eigenvalue weighted by molar-refractivity contribution is 6.06. The van der Waals surface area contributed by atoms with Crippen molar-refractivity contribution in [3.05, 3.63) is 42.1 Å². The summed E-state index contributed by atoms with van der Waals surface area (Å²) in [7, 11) is 0. The fourth-order valence-electron chi connectivity index (χ4n) is 3.19. The van der Waals surface area contributed by atoms with E-state index in [-0.39, 0.29) is 11.9 Å². The van der Waals surface area contributed by atoms with Gasteiger partial charge in [0.2, 0.25) is 0 Å². The maximum atomic E-state index is 12.9. The van der Waals surface area contributed by atoms with Crippen molar-refractivity contribution in [3.8, 4) is 0 Å². The van der Waals surface area contributed by atoms with Crippen molar-refractivity contribution < 1.29 is 9.90 Å². The second-order valence-electron chi connectivity index (χ2n) is 6.19. The van der Waals surface area contributed by atoms with Crippen LogP contribution in [0.5, 0.6) is 0 Å². The van der Waals surface area contributed by atoms with E-state index in [2.05, 4.69) is 4.98 Å². The van der Waals surface area contributed by atoms with Gasteiger partial charge in [0.1, 0.15) is 0 Å². The van der Waals surface area contributed by atoms with Crippen LogP contribution < -0.4 is 0 Å². The van der Waals surface area contributed by atoms with Crippen molar-refractivity contribution in [3.63, 3.8) is 0 Å². The minimum atomic E-state index is -0.880. The number of carbonyl (C=O) groups is 1. The average Bonchev–Trinajstić information content (AvgIpc) is 2.95. The zero-order valence-electron chi connectivity index (χ0n) is 12.4. The molecule has 1 aromatic heterocycles. The van der Waals surface area contributed by atoms with Gasteiger partial charge in [0, 0.05) is 23.7 Å². The van der Waals surface area contributed by atoms with Crippen LogP contribution in [0, 0.1) is 0 Å². The van der Waals surface area contributed by atoms with E-state index in [1.165, 1.54) is 0 Å². The summed E-state index contributed by atoms with van der Waals surface area (Å²) in [6, 6.07) is 9.24. The number of nitrogens with zero attached hydrogens (tertiary/aromatic N) is 2. The van der Waals surface area contributed by atoms with E-state index in [1.54, 1.807) is 20.0 Å². The normalized spacial score (nSPS) is 19.2. The molecule has 2 heterocycles. The first-order valence-corrected chi connectivity index (χ1v) is 7.35. The molecular weight excluding hydrogens is 264 g/mol. The van der Waals surface area contributed by atoms with Crippen LogP contribution in [0.2, 0.25) is 0 Å². The molecule has 1 unspecified atom stereocenters. The van der Waals surface area contributed by atoms with Crippen LogP contribution in [0.4, 0.5) is 0 Å². The molecular formula is C17H20N2O2. The van der Waals surface area contributed by atoms with Gasteiger partial charge in [-0.2, -0.15) is 0 Å². The fraction of sp³-hybridized carbons (Fsp3) is 0.412. The number of likely N-dealkylation sites (tertiary alicyclic amines) is 1. The van der Waals surface area contributed by atoms with Crippen molar-refractivity contribution in [1.82, 2.24) is 9.88 Å². The molecule has 1 N–H and O–H groups in total. The van der Waals surface area contributed by atoms with E-state index in [1.807, 2.05) is 35.2 Å². The summed E-state index contributed by atoms with van der Waals surface area (Å²) in [6.45, 7) is 4.24. The average molecular weight is 284 g/mol. The number of rotatable bonds is 2. The van der Waals surface area contributed by atoms with E-state index in [0.717, 1.165) is 23.7 Å². The van der Waals surface area contributed by atoms with E-state index in [9.17, 15) is 9.90 Å². The summed E-state index contributed by atoms with van der Waals surface area (Å²) in [5.41, 5.74) is 0.605. The van der Waals surface area contributed by atoms with E-state index in [0.29, 0.717) is 12.1 Å². The van der Waals surface area contributed by atoms with Crippen LogP contribution in [0.15, 0.2) is 36.5 Å². The lowest BCUT2D eigenvalue weighted by Gasteiger charge is -2.34. The van der Waals surface area contributed by atoms with Gasteiger partial charge in [-0.1, -0.05) is 12.1 Å². The van der Waals surface area contributed by atoms with Crippen LogP contribution >= 0.6 is 0 Å². The molecule has 4 nitrogen and oxygen atoms in total. The summed E-state index contributed by atoms with van der Waals surface area (Å²) in [6.07, 6.45) is 3.51. The van der Waals surface area contributed by atoms with Crippen LogP contribution in [-0.4, -0.2) is 39.1 Å². The molecule has 1 aliphatic rings. The quantitative estimate of drug-likeness (QED) is 0.922. The van der Waals surface area contributed by atoms with Crippen molar-refractivity contribution >= 4 is 16.8 Å². The monoisotopic (exact) mass is 284 g/mol. The smallest absolute Gasteiger partial charge is 0.254 e. The molecule has 110 valence electrons. The number of fused-ring (bicyclic) bond motifs is 1. The lowest BCUT2D eigenvalue weighted by molar-refractivity contribution is 0.000409. The molecule has 1 aliphatic heterocycles.